The second-order valence-electron chi connectivity index (χ2n) is 6.18. The highest BCUT2D eigenvalue weighted by atomic mass is 16.5. The maximum absolute atomic E-state index is 12.2. The number of esters is 1. The molecular weight excluding hydrogens is 364 g/mol. The number of fused-ring (bicyclic) bond motifs is 1. The molecule has 8 heteroatoms. The number of nitrogens with one attached hydrogen (secondary N) is 1. The van der Waals surface area contributed by atoms with E-state index in [1.807, 2.05) is 0 Å². The molecule has 0 aliphatic rings. The van der Waals surface area contributed by atoms with Crippen LogP contribution in [0.25, 0.3) is 11.1 Å². The number of carbonyl (C=O) groups excluding carboxylic acids is 3. The first-order chi connectivity index (χ1) is 13.3. The Labute approximate surface area is 159 Å². The van der Waals surface area contributed by atoms with Gasteiger partial charge in [-0.2, -0.15) is 0 Å². The minimum atomic E-state index is -1.08. The topological polar surface area (TPSA) is 108 Å². The highest BCUT2D eigenvalue weighted by Gasteiger charge is 2.20. The summed E-state index contributed by atoms with van der Waals surface area (Å²) in [5.41, 5.74) is 1.82. The molecule has 1 amide bonds. The van der Waals surface area contributed by atoms with Gasteiger partial charge < -0.3 is 14.5 Å². The van der Waals surface area contributed by atoms with Crippen molar-refractivity contribution >= 4 is 34.4 Å². The molecule has 1 heterocycles. The number of rotatable bonds is 6. The van der Waals surface area contributed by atoms with Gasteiger partial charge in [-0.05, 0) is 50.2 Å². The predicted molar refractivity (Wildman–Crippen MR) is 101 cm³/mol. The fraction of sp³-hybridized carbons (Fsp3) is 0.200. The van der Waals surface area contributed by atoms with E-state index in [9.17, 15) is 19.2 Å². The van der Waals surface area contributed by atoms with Crippen molar-refractivity contribution in [1.82, 2.24) is 4.57 Å². The van der Waals surface area contributed by atoms with Gasteiger partial charge in [-0.3, -0.25) is 19.0 Å². The molecule has 0 fully saturated rings. The molecule has 28 heavy (non-hydrogen) atoms. The molecule has 1 aromatic heterocycles. The second-order valence-corrected chi connectivity index (χ2v) is 6.18. The lowest BCUT2D eigenvalue weighted by Crippen LogP contribution is -2.32. The van der Waals surface area contributed by atoms with Crippen LogP contribution in [0.3, 0.4) is 0 Å². The smallest absolute Gasteiger partial charge is 0.420 e. The van der Waals surface area contributed by atoms with Crippen molar-refractivity contribution in [3.8, 4) is 0 Å². The van der Waals surface area contributed by atoms with Gasteiger partial charge in [0.1, 0.15) is 6.54 Å². The van der Waals surface area contributed by atoms with E-state index in [2.05, 4.69) is 5.32 Å². The van der Waals surface area contributed by atoms with Crippen molar-refractivity contribution in [1.29, 1.82) is 0 Å². The van der Waals surface area contributed by atoms with Crippen LogP contribution in [0.1, 0.15) is 24.2 Å². The van der Waals surface area contributed by atoms with Crippen LogP contribution in [-0.4, -0.2) is 28.3 Å². The van der Waals surface area contributed by atoms with Crippen molar-refractivity contribution in [3.63, 3.8) is 0 Å². The molecule has 0 saturated heterocycles. The van der Waals surface area contributed by atoms with Gasteiger partial charge in [-0.15, -0.1) is 0 Å². The number of nitrogens with zero attached hydrogens (tertiary/aromatic N) is 1. The van der Waals surface area contributed by atoms with Gasteiger partial charge in [-0.25, -0.2) is 4.79 Å². The van der Waals surface area contributed by atoms with E-state index < -0.39 is 23.7 Å². The number of Topliss-reactive ketones (excluding diaryl/α,β-unsaturated/α-hetero) is 1. The van der Waals surface area contributed by atoms with Crippen molar-refractivity contribution in [3.05, 3.63) is 64.6 Å². The Kier molecular flexibility index (Phi) is 5.39. The standard InChI is InChI=1S/C20H18N2O6/c1-12(23)14-7-9-15(10-8-14)21-19(25)13(2)27-18(24)11-22-16-5-3-4-6-17(16)28-20(22)26/h3-10,13H,11H2,1-2H3,(H,21,25)/t13-/m0/s1. The molecular formula is C20H18N2O6. The van der Waals surface area contributed by atoms with E-state index in [1.54, 1.807) is 48.5 Å². The summed E-state index contributed by atoms with van der Waals surface area (Å²) in [5.74, 6) is -2.04. The maximum atomic E-state index is 12.2. The third kappa shape index (κ3) is 4.17. The molecule has 3 rings (SSSR count). The van der Waals surface area contributed by atoms with Crippen LogP contribution < -0.4 is 11.1 Å². The third-order valence-electron chi connectivity index (χ3n) is 4.10. The van der Waals surface area contributed by atoms with Gasteiger partial charge in [-0.1, -0.05) is 12.1 Å². The number of amides is 1. The largest absolute Gasteiger partial charge is 0.451 e. The zero-order valence-electron chi connectivity index (χ0n) is 15.3. The Hall–Kier alpha value is -3.68. The van der Waals surface area contributed by atoms with Gasteiger partial charge >= 0.3 is 11.7 Å². The number of para-hydroxylation sites is 2. The van der Waals surface area contributed by atoms with E-state index in [1.165, 1.54) is 13.8 Å². The van der Waals surface area contributed by atoms with E-state index in [0.717, 1.165) is 4.57 Å². The van der Waals surface area contributed by atoms with Crippen LogP contribution in [-0.2, 0) is 20.9 Å². The van der Waals surface area contributed by atoms with Crippen LogP contribution in [0.4, 0.5) is 5.69 Å². The molecule has 1 N–H and O–H groups in total. The number of ether oxygens (including phenoxy) is 1. The van der Waals surface area contributed by atoms with Crippen molar-refractivity contribution in [2.75, 3.05) is 5.32 Å². The summed E-state index contributed by atoms with van der Waals surface area (Å²) in [6.45, 7) is 2.50. The summed E-state index contributed by atoms with van der Waals surface area (Å²) in [7, 11) is 0. The molecule has 3 aromatic rings. The van der Waals surface area contributed by atoms with Crippen LogP contribution in [0.15, 0.2) is 57.7 Å². The average Bonchev–Trinajstić information content (AvgIpc) is 2.97. The van der Waals surface area contributed by atoms with Crippen LogP contribution in [0, 0.1) is 0 Å². The quantitative estimate of drug-likeness (QED) is 0.518. The normalized spacial score (nSPS) is 11.8. The van der Waals surface area contributed by atoms with Crippen LogP contribution in [0.2, 0.25) is 0 Å². The fourth-order valence-electron chi connectivity index (χ4n) is 2.61. The monoisotopic (exact) mass is 382 g/mol. The van der Waals surface area contributed by atoms with Gasteiger partial charge in [0, 0.05) is 11.3 Å². The lowest BCUT2D eigenvalue weighted by Gasteiger charge is -2.14. The first-order valence-corrected chi connectivity index (χ1v) is 8.55. The maximum Gasteiger partial charge on any atom is 0.420 e. The first kappa shape index (κ1) is 19.1. The molecule has 0 radical (unpaired) electrons. The van der Waals surface area contributed by atoms with Gasteiger partial charge in [0.25, 0.3) is 5.91 Å². The molecule has 144 valence electrons. The molecule has 0 aliphatic carbocycles. The van der Waals surface area contributed by atoms with Crippen molar-refractivity contribution < 1.29 is 23.5 Å². The molecule has 0 aliphatic heterocycles. The first-order valence-electron chi connectivity index (χ1n) is 8.55. The Morgan fingerprint density at radius 1 is 1.11 bits per heavy atom. The fourth-order valence-corrected chi connectivity index (χ4v) is 2.61. The Bertz CT molecular complexity index is 1090. The van der Waals surface area contributed by atoms with Crippen LogP contribution >= 0.6 is 0 Å². The summed E-state index contributed by atoms with van der Waals surface area (Å²) >= 11 is 0. The number of oxazole rings is 1. The zero-order valence-corrected chi connectivity index (χ0v) is 15.3. The highest BCUT2D eigenvalue weighted by molar-refractivity contribution is 5.97. The summed E-state index contributed by atoms with van der Waals surface area (Å²) in [6.07, 6.45) is -1.08. The average molecular weight is 382 g/mol. The number of aromatic nitrogens is 1. The predicted octanol–water partition coefficient (Wildman–Crippen LogP) is 2.37. The summed E-state index contributed by atoms with van der Waals surface area (Å²) in [4.78, 5) is 47.5. The number of anilines is 1. The Balaban J connectivity index is 1.61. The summed E-state index contributed by atoms with van der Waals surface area (Å²) in [5, 5.41) is 2.60. The highest BCUT2D eigenvalue weighted by Crippen LogP contribution is 2.13. The minimum Gasteiger partial charge on any atom is -0.451 e. The molecule has 0 unspecified atom stereocenters. The SMILES string of the molecule is CC(=O)c1ccc(NC(=O)[C@H](C)OC(=O)Cn2c(=O)oc3ccccc32)cc1. The van der Waals surface area contributed by atoms with Gasteiger partial charge in [0.2, 0.25) is 0 Å². The molecule has 8 nitrogen and oxygen atoms in total. The van der Waals surface area contributed by atoms with Gasteiger partial charge in [0.15, 0.2) is 17.5 Å². The molecule has 0 saturated carbocycles. The van der Waals surface area contributed by atoms with E-state index in [0.29, 0.717) is 22.4 Å². The van der Waals surface area contributed by atoms with E-state index >= 15 is 0 Å². The third-order valence-corrected chi connectivity index (χ3v) is 4.10. The number of hydrogen-bond donors (Lipinski definition) is 1. The minimum absolute atomic E-state index is 0.0813. The number of ketones is 1. The lowest BCUT2D eigenvalue weighted by atomic mass is 10.1. The number of benzene rings is 2. The Morgan fingerprint density at radius 3 is 2.46 bits per heavy atom. The van der Waals surface area contributed by atoms with Crippen molar-refractivity contribution in [2.24, 2.45) is 0 Å². The number of hydrogen-bond acceptors (Lipinski definition) is 6. The van der Waals surface area contributed by atoms with E-state index in [-0.39, 0.29) is 12.3 Å². The molecule has 2 aromatic carbocycles. The van der Waals surface area contributed by atoms with Gasteiger partial charge in [0.05, 0.1) is 5.52 Å². The van der Waals surface area contributed by atoms with Crippen LogP contribution in [0.5, 0.6) is 0 Å². The molecule has 0 spiro atoms. The van der Waals surface area contributed by atoms with Crippen molar-refractivity contribution in [2.45, 2.75) is 26.5 Å². The summed E-state index contributed by atoms with van der Waals surface area (Å²) in [6, 6.07) is 13.0. The second kappa shape index (κ2) is 7.91. The molecule has 1 atom stereocenters. The number of carbonyl (C=O) groups is 3. The summed E-state index contributed by atoms with van der Waals surface area (Å²) < 4.78 is 11.3. The zero-order chi connectivity index (χ0) is 20.3. The van der Waals surface area contributed by atoms with E-state index in [4.69, 9.17) is 9.15 Å². The Morgan fingerprint density at radius 2 is 1.79 bits per heavy atom. The lowest BCUT2D eigenvalue weighted by molar-refractivity contribution is -0.153. The molecule has 0 bridgehead atoms.